The lowest BCUT2D eigenvalue weighted by atomic mass is 10.2. The minimum atomic E-state index is 0.700. The number of rotatable bonds is 2. The zero-order valence-corrected chi connectivity index (χ0v) is 9.97. The molecule has 2 aromatic heterocycles. The van der Waals surface area contributed by atoms with Crippen LogP contribution in [0.3, 0.4) is 0 Å². The van der Waals surface area contributed by atoms with Crippen LogP contribution in [0.4, 0.5) is 5.69 Å². The van der Waals surface area contributed by atoms with Crippen molar-refractivity contribution in [2.75, 3.05) is 12.8 Å². The Morgan fingerprint density at radius 1 is 1.22 bits per heavy atom. The van der Waals surface area contributed by atoms with Crippen LogP contribution in [-0.4, -0.2) is 17.1 Å². The maximum atomic E-state index is 5.77. The van der Waals surface area contributed by atoms with Crippen LogP contribution in [0.15, 0.2) is 42.6 Å². The predicted octanol–water partition coefficient (Wildman–Crippen LogP) is 2.82. The average Bonchev–Trinajstić information content (AvgIpc) is 2.82. The first-order valence-electron chi connectivity index (χ1n) is 5.65. The molecule has 0 saturated heterocycles. The van der Waals surface area contributed by atoms with Gasteiger partial charge in [0.15, 0.2) is 0 Å². The molecule has 90 valence electrons. The highest BCUT2D eigenvalue weighted by molar-refractivity contribution is 5.90. The fraction of sp³-hybridized carbons (Fsp3) is 0.0714. The number of pyridine rings is 1. The molecule has 2 heterocycles. The molecule has 0 radical (unpaired) electrons. The van der Waals surface area contributed by atoms with Crippen LogP contribution < -0.4 is 10.5 Å². The topological polar surface area (TPSA) is 63.9 Å². The summed E-state index contributed by atoms with van der Waals surface area (Å²) in [4.78, 5) is 7.62. The molecule has 3 N–H and O–H groups in total. The van der Waals surface area contributed by atoms with Gasteiger partial charge in [-0.2, -0.15) is 0 Å². The van der Waals surface area contributed by atoms with Crippen LogP contribution in [0.25, 0.3) is 22.3 Å². The summed E-state index contributed by atoms with van der Waals surface area (Å²) in [5.41, 5.74) is 9.25. The van der Waals surface area contributed by atoms with Crippen LogP contribution in [-0.2, 0) is 0 Å². The normalized spacial score (nSPS) is 10.7. The smallest absolute Gasteiger partial charge is 0.128 e. The Labute approximate surface area is 104 Å². The molecule has 4 nitrogen and oxygen atoms in total. The summed E-state index contributed by atoms with van der Waals surface area (Å²) in [6.07, 6.45) is 1.70. The van der Waals surface area contributed by atoms with Gasteiger partial charge in [0.2, 0.25) is 0 Å². The predicted molar refractivity (Wildman–Crippen MR) is 72.5 cm³/mol. The number of H-pyrrole nitrogens is 1. The summed E-state index contributed by atoms with van der Waals surface area (Å²) < 4.78 is 5.34. The van der Waals surface area contributed by atoms with Gasteiger partial charge in [-0.05, 0) is 30.3 Å². The van der Waals surface area contributed by atoms with Crippen molar-refractivity contribution >= 4 is 16.6 Å². The van der Waals surface area contributed by atoms with Crippen LogP contribution in [0, 0.1) is 0 Å². The Hall–Kier alpha value is -2.49. The Balaban J connectivity index is 2.19. The highest BCUT2D eigenvalue weighted by Crippen LogP contribution is 2.29. The molecule has 0 bridgehead atoms. The first-order valence-corrected chi connectivity index (χ1v) is 5.65. The second-order valence-electron chi connectivity index (χ2n) is 4.08. The number of nitrogens with zero attached hydrogens (tertiary/aromatic N) is 1. The number of hydrogen-bond acceptors (Lipinski definition) is 3. The fourth-order valence-corrected chi connectivity index (χ4v) is 2.04. The maximum absolute atomic E-state index is 5.77. The molecule has 0 aliphatic carbocycles. The molecule has 0 aliphatic heterocycles. The molecule has 3 aromatic rings. The summed E-state index contributed by atoms with van der Waals surface area (Å²) in [6.45, 7) is 0. The van der Waals surface area contributed by atoms with E-state index in [1.54, 1.807) is 19.4 Å². The molecule has 1 aromatic carbocycles. The number of hydrogen-bond donors (Lipinski definition) is 2. The molecular formula is C14H13N3O. The van der Waals surface area contributed by atoms with Crippen LogP contribution in [0.2, 0.25) is 0 Å². The number of anilines is 1. The van der Waals surface area contributed by atoms with E-state index in [2.05, 4.69) is 9.97 Å². The number of aromatic nitrogens is 2. The molecule has 0 fully saturated rings. The zero-order valence-electron chi connectivity index (χ0n) is 9.97. The lowest BCUT2D eigenvalue weighted by Gasteiger charge is -1.99. The highest BCUT2D eigenvalue weighted by atomic mass is 16.5. The van der Waals surface area contributed by atoms with E-state index in [0.717, 1.165) is 28.0 Å². The molecule has 0 amide bonds. The first kappa shape index (κ1) is 10.7. The summed E-state index contributed by atoms with van der Waals surface area (Å²) in [5, 5.41) is 1.04. The number of nitrogens with two attached hydrogens (primary N) is 1. The van der Waals surface area contributed by atoms with Crippen molar-refractivity contribution < 1.29 is 4.74 Å². The van der Waals surface area contributed by atoms with E-state index >= 15 is 0 Å². The van der Waals surface area contributed by atoms with Gasteiger partial charge in [0.05, 0.1) is 18.5 Å². The van der Waals surface area contributed by atoms with Crippen molar-refractivity contribution in [1.82, 2.24) is 9.97 Å². The van der Waals surface area contributed by atoms with Crippen molar-refractivity contribution in [3.63, 3.8) is 0 Å². The second-order valence-corrected chi connectivity index (χ2v) is 4.08. The molecule has 3 rings (SSSR count). The number of aromatic amines is 1. The lowest BCUT2D eigenvalue weighted by molar-refractivity contribution is 0.420. The molecule has 4 heteroatoms. The third-order valence-electron chi connectivity index (χ3n) is 2.90. The maximum Gasteiger partial charge on any atom is 0.128 e. The monoisotopic (exact) mass is 239 g/mol. The number of ether oxygens (including phenoxy) is 1. The van der Waals surface area contributed by atoms with Gasteiger partial charge in [0, 0.05) is 22.8 Å². The minimum absolute atomic E-state index is 0.700. The van der Waals surface area contributed by atoms with Crippen LogP contribution in [0.1, 0.15) is 0 Å². The Morgan fingerprint density at radius 2 is 2.11 bits per heavy atom. The third kappa shape index (κ3) is 1.68. The molecule has 0 atom stereocenters. The van der Waals surface area contributed by atoms with Crippen LogP contribution in [0.5, 0.6) is 5.75 Å². The average molecular weight is 239 g/mol. The zero-order chi connectivity index (χ0) is 12.5. The van der Waals surface area contributed by atoms with Crippen molar-refractivity contribution in [1.29, 1.82) is 0 Å². The Kier molecular flexibility index (Phi) is 2.41. The van der Waals surface area contributed by atoms with E-state index in [4.69, 9.17) is 10.5 Å². The van der Waals surface area contributed by atoms with Crippen molar-refractivity contribution in [2.45, 2.75) is 0 Å². The van der Waals surface area contributed by atoms with Gasteiger partial charge in [-0.15, -0.1) is 0 Å². The van der Waals surface area contributed by atoms with Gasteiger partial charge < -0.3 is 15.5 Å². The Morgan fingerprint density at radius 3 is 2.89 bits per heavy atom. The number of methoxy groups -OCH3 is 1. The van der Waals surface area contributed by atoms with Gasteiger partial charge in [0.25, 0.3) is 0 Å². The Bertz CT molecular complexity index is 703. The van der Waals surface area contributed by atoms with Gasteiger partial charge in [0.1, 0.15) is 5.75 Å². The van der Waals surface area contributed by atoms with Crippen molar-refractivity contribution in [3.8, 4) is 17.1 Å². The minimum Gasteiger partial charge on any atom is -0.496 e. The fourth-order valence-electron chi connectivity index (χ4n) is 2.04. The summed E-state index contributed by atoms with van der Waals surface area (Å²) in [5.74, 6) is 0.846. The SMILES string of the molecule is COc1cccc2[nH]c(-c3cc(N)ccn3)cc12. The molecule has 0 aliphatic rings. The highest BCUT2D eigenvalue weighted by Gasteiger charge is 2.08. The van der Waals surface area contributed by atoms with Gasteiger partial charge >= 0.3 is 0 Å². The number of benzene rings is 1. The quantitative estimate of drug-likeness (QED) is 0.722. The lowest BCUT2D eigenvalue weighted by Crippen LogP contribution is -1.88. The van der Waals surface area contributed by atoms with Gasteiger partial charge in [-0.1, -0.05) is 6.07 Å². The van der Waals surface area contributed by atoms with E-state index in [1.165, 1.54) is 0 Å². The second kappa shape index (κ2) is 4.07. The van der Waals surface area contributed by atoms with E-state index < -0.39 is 0 Å². The molecule has 0 saturated carbocycles. The number of nitrogens with one attached hydrogen (secondary N) is 1. The van der Waals surface area contributed by atoms with Crippen molar-refractivity contribution in [2.24, 2.45) is 0 Å². The molecule has 0 unspecified atom stereocenters. The summed E-state index contributed by atoms with van der Waals surface area (Å²) >= 11 is 0. The number of fused-ring (bicyclic) bond motifs is 1. The largest absolute Gasteiger partial charge is 0.496 e. The standard InChI is InChI=1S/C14H13N3O/c1-18-14-4-2-3-11-10(14)8-13(17-11)12-7-9(15)5-6-16-12/h2-8,17H,1H3,(H2,15,16). The first-order chi connectivity index (χ1) is 8.78. The van der Waals surface area contributed by atoms with E-state index in [9.17, 15) is 0 Å². The third-order valence-corrected chi connectivity index (χ3v) is 2.90. The summed E-state index contributed by atoms with van der Waals surface area (Å²) in [7, 11) is 1.67. The van der Waals surface area contributed by atoms with E-state index in [1.807, 2.05) is 30.3 Å². The van der Waals surface area contributed by atoms with Gasteiger partial charge in [-0.25, -0.2) is 0 Å². The van der Waals surface area contributed by atoms with Crippen molar-refractivity contribution in [3.05, 3.63) is 42.6 Å². The summed E-state index contributed by atoms with van der Waals surface area (Å²) in [6, 6.07) is 11.5. The molecule has 18 heavy (non-hydrogen) atoms. The van der Waals surface area contributed by atoms with E-state index in [-0.39, 0.29) is 0 Å². The molecular weight excluding hydrogens is 226 g/mol. The number of nitrogen functional groups attached to an aromatic ring is 1. The van der Waals surface area contributed by atoms with E-state index in [0.29, 0.717) is 5.69 Å². The van der Waals surface area contributed by atoms with Gasteiger partial charge in [-0.3, -0.25) is 4.98 Å². The van der Waals surface area contributed by atoms with Crippen LogP contribution >= 0.6 is 0 Å². The molecule has 0 spiro atoms.